The molecule has 0 heteroatoms. The van der Waals surface area contributed by atoms with Crippen LogP contribution in [0.1, 0.15) is 50.7 Å². The fraction of sp³-hybridized carbons (Fsp3) is 0.304. The number of rotatable bonds is 6. The van der Waals surface area contributed by atoms with E-state index >= 15 is 0 Å². The third-order valence-corrected chi connectivity index (χ3v) is 5.03. The quantitative estimate of drug-likeness (QED) is 0.576. The lowest BCUT2D eigenvalue weighted by Gasteiger charge is -2.37. The van der Waals surface area contributed by atoms with Crippen molar-refractivity contribution in [1.29, 1.82) is 0 Å². The van der Waals surface area contributed by atoms with Gasteiger partial charge in [-0.05, 0) is 30.9 Å². The normalized spacial score (nSPS) is 14.5. The fourth-order valence-corrected chi connectivity index (χ4v) is 3.84. The maximum absolute atomic E-state index is 2.41. The number of hydrogen-bond donors (Lipinski definition) is 0. The maximum atomic E-state index is 2.41. The van der Waals surface area contributed by atoms with Crippen LogP contribution in [0.25, 0.3) is 0 Å². The molecule has 1 aliphatic rings. The molecule has 23 heavy (non-hydrogen) atoms. The molecule has 0 aromatic heterocycles. The van der Waals surface area contributed by atoms with Gasteiger partial charge in [-0.25, -0.2) is 0 Å². The highest BCUT2D eigenvalue weighted by Gasteiger charge is 2.37. The Morgan fingerprint density at radius 2 is 1.43 bits per heavy atom. The van der Waals surface area contributed by atoms with Gasteiger partial charge < -0.3 is 0 Å². The van der Waals surface area contributed by atoms with Crippen LogP contribution in [0.2, 0.25) is 0 Å². The zero-order chi connectivity index (χ0) is 16.1. The first-order valence-corrected chi connectivity index (χ1v) is 8.76. The van der Waals surface area contributed by atoms with Gasteiger partial charge in [-0.1, -0.05) is 104 Å². The van der Waals surface area contributed by atoms with Crippen LogP contribution in [0.5, 0.6) is 0 Å². The first-order valence-electron chi connectivity index (χ1n) is 8.76. The van der Waals surface area contributed by atoms with Crippen LogP contribution in [0.3, 0.4) is 0 Å². The molecule has 0 bridgehead atoms. The molecule has 0 saturated carbocycles. The van der Waals surface area contributed by atoms with Gasteiger partial charge in [-0.15, -0.1) is 0 Å². The molecule has 2 aromatic carbocycles. The molecule has 0 amide bonds. The van der Waals surface area contributed by atoms with Crippen molar-refractivity contribution in [1.82, 2.24) is 0 Å². The molecule has 0 radical (unpaired) electrons. The van der Waals surface area contributed by atoms with Crippen molar-refractivity contribution in [2.75, 3.05) is 0 Å². The molecule has 1 aliphatic carbocycles. The van der Waals surface area contributed by atoms with Crippen molar-refractivity contribution < 1.29 is 0 Å². The van der Waals surface area contributed by atoms with Gasteiger partial charge >= 0.3 is 0 Å². The van der Waals surface area contributed by atoms with Crippen molar-refractivity contribution in [2.45, 2.75) is 44.9 Å². The number of allylic oxidation sites excluding steroid dienone is 4. The first-order chi connectivity index (χ1) is 11.3. The molecule has 0 fully saturated rings. The van der Waals surface area contributed by atoms with Gasteiger partial charge in [0.15, 0.2) is 0 Å². The average Bonchev–Trinajstić information content (AvgIpc) is 3.04. The minimum Gasteiger partial charge on any atom is -0.0775 e. The summed E-state index contributed by atoms with van der Waals surface area (Å²) in [7, 11) is 0. The minimum atomic E-state index is 0.00674. The molecule has 0 heterocycles. The number of benzene rings is 2. The zero-order valence-corrected chi connectivity index (χ0v) is 14.3. The van der Waals surface area contributed by atoms with Crippen molar-refractivity contribution in [3.05, 3.63) is 95.1 Å². The lowest BCUT2D eigenvalue weighted by molar-refractivity contribution is 0.512. The van der Waals surface area contributed by atoms with E-state index < -0.39 is 0 Å². The van der Waals surface area contributed by atoms with Crippen LogP contribution in [0.15, 0.2) is 84.0 Å². The average molecular weight is 302 g/mol. The highest BCUT2D eigenvalue weighted by Crippen LogP contribution is 2.46. The molecular formula is C23H26. The fourth-order valence-electron chi connectivity index (χ4n) is 3.84. The highest BCUT2D eigenvalue weighted by molar-refractivity contribution is 5.52. The predicted octanol–water partition coefficient (Wildman–Crippen LogP) is 6.44. The molecule has 0 saturated heterocycles. The number of unbranched alkanes of at least 4 members (excludes halogenated alkanes) is 1. The summed E-state index contributed by atoms with van der Waals surface area (Å²) in [5, 5.41) is 0. The van der Waals surface area contributed by atoms with Gasteiger partial charge in [0.1, 0.15) is 0 Å². The molecule has 118 valence electrons. The first kappa shape index (κ1) is 15.8. The van der Waals surface area contributed by atoms with Crippen LogP contribution >= 0.6 is 0 Å². The SMILES string of the molecule is CCCCC(C1=CC(C)=CC1)(c1ccccc1)c1ccccc1. The summed E-state index contributed by atoms with van der Waals surface area (Å²) >= 11 is 0. The second kappa shape index (κ2) is 7.00. The molecule has 0 N–H and O–H groups in total. The van der Waals surface area contributed by atoms with E-state index in [-0.39, 0.29) is 5.41 Å². The Kier molecular flexibility index (Phi) is 4.81. The van der Waals surface area contributed by atoms with Crippen molar-refractivity contribution in [3.8, 4) is 0 Å². The van der Waals surface area contributed by atoms with Crippen LogP contribution < -0.4 is 0 Å². The van der Waals surface area contributed by atoms with Crippen molar-refractivity contribution in [2.24, 2.45) is 0 Å². The van der Waals surface area contributed by atoms with E-state index in [0.717, 1.165) is 6.42 Å². The van der Waals surface area contributed by atoms with E-state index in [4.69, 9.17) is 0 Å². The van der Waals surface area contributed by atoms with Crippen LogP contribution in [-0.4, -0.2) is 0 Å². The molecule has 0 aliphatic heterocycles. The molecular weight excluding hydrogens is 276 g/mol. The maximum Gasteiger partial charge on any atom is 0.0417 e. The Morgan fingerprint density at radius 3 is 1.87 bits per heavy atom. The monoisotopic (exact) mass is 302 g/mol. The van der Waals surface area contributed by atoms with E-state index in [9.17, 15) is 0 Å². The standard InChI is InChI=1S/C23H26/c1-3-4-17-23(20-11-7-5-8-12-20,21-13-9-6-10-14-21)22-16-15-19(2)18-22/h5-15,18H,3-4,16-17H2,1-2H3. The Labute approximate surface area is 140 Å². The van der Waals surface area contributed by atoms with Gasteiger partial charge in [-0.2, -0.15) is 0 Å². The summed E-state index contributed by atoms with van der Waals surface area (Å²) in [4.78, 5) is 0. The molecule has 3 rings (SSSR count). The second-order valence-electron chi connectivity index (χ2n) is 6.56. The molecule has 2 aromatic rings. The molecule has 0 atom stereocenters. The van der Waals surface area contributed by atoms with E-state index in [2.05, 4.69) is 86.7 Å². The highest BCUT2D eigenvalue weighted by atomic mass is 14.4. The topological polar surface area (TPSA) is 0 Å². The molecule has 0 nitrogen and oxygen atoms in total. The van der Waals surface area contributed by atoms with Gasteiger partial charge in [0, 0.05) is 5.41 Å². The Balaban J connectivity index is 2.19. The smallest absolute Gasteiger partial charge is 0.0417 e. The lowest BCUT2D eigenvalue weighted by Crippen LogP contribution is -2.30. The lowest BCUT2D eigenvalue weighted by atomic mass is 9.65. The summed E-state index contributed by atoms with van der Waals surface area (Å²) in [5.74, 6) is 0. The van der Waals surface area contributed by atoms with E-state index in [1.807, 2.05) is 0 Å². The summed E-state index contributed by atoms with van der Waals surface area (Å²) < 4.78 is 0. The molecule has 0 spiro atoms. The second-order valence-corrected chi connectivity index (χ2v) is 6.56. The third-order valence-electron chi connectivity index (χ3n) is 5.03. The summed E-state index contributed by atoms with van der Waals surface area (Å²) in [6.45, 7) is 4.50. The van der Waals surface area contributed by atoms with Gasteiger partial charge in [-0.3, -0.25) is 0 Å². The summed E-state index contributed by atoms with van der Waals surface area (Å²) in [6.07, 6.45) is 9.47. The predicted molar refractivity (Wildman–Crippen MR) is 99.6 cm³/mol. The van der Waals surface area contributed by atoms with E-state index in [1.165, 1.54) is 36.0 Å². The van der Waals surface area contributed by atoms with E-state index in [1.54, 1.807) is 5.57 Å². The summed E-state index contributed by atoms with van der Waals surface area (Å²) in [5.41, 5.74) is 5.80. The molecule has 0 unspecified atom stereocenters. The van der Waals surface area contributed by atoms with Crippen molar-refractivity contribution >= 4 is 0 Å². The van der Waals surface area contributed by atoms with Crippen molar-refractivity contribution in [3.63, 3.8) is 0 Å². The Hall–Kier alpha value is -2.08. The number of hydrogen-bond acceptors (Lipinski definition) is 0. The minimum absolute atomic E-state index is 0.00674. The van der Waals surface area contributed by atoms with Crippen LogP contribution in [0.4, 0.5) is 0 Å². The Bertz CT molecular complexity index is 650. The van der Waals surface area contributed by atoms with Gasteiger partial charge in [0.2, 0.25) is 0 Å². The van der Waals surface area contributed by atoms with E-state index in [0.29, 0.717) is 0 Å². The van der Waals surface area contributed by atoms with Gasteiger partial charge in [0.05, 0.1) is 0 Å². The summed E-state index contributed by atoms with van der Waals surface area (Å²) in [6, 6.07) is 22.1. The third kappa shape index (κ3) is 3.03. The van der Waals surface area contributed by atoms with Crippen LogP contribution in [-0.2, 0) is 5.41 Å². The largest absolute Gasteiger partial charge is 0.0775 e. The zero-order valence-electron chi connectivity index (χ0n) is 14.3. The Morgan fingerprint density at radius 1 is 0.870 bits per heavy atom. The van der Waals surface area contributed by atoms with Gasteiger partial charge in [0.25, 0.3) is 0 Å². The van der Waals surface area contributed by atoms with Crippen LogP contribution in [0, 0.1) is 0 Å².